The Morgan fingerprint density at radius 2 is 2.00 bits per heavy atom. The van der Waals surface area contributed by atoms with Crippen LogP contribution in [0.2, 0.25) is 0 Å². The molecule has 1 fully saturated rings. The quantitative estimate of drug-likeness (QED) is 0.845. The van der Waals surface area contributed by atoms with Gasteiger partial charge in [-0.05, 0) is 48.9 Å². The number of halogens is 1. The highest BCUT2D eigenvalue weighted by molar-refractivity contribution is 9.10. The third kappa shape index (κ3) is 3.90. The Morgan fingerprint density at radius 3 is 2.63 bits per heavy atom. The van der Waals surface area contributed by atoms with E-state index in [1.165, 1.54) is 0 Å². The number of hydrazone groups is 1. The summed E-state index contributed by atoms with van der Waals surface area (Å²) in [6, 6.07) is 7.76. The van der Waals surface area contributed by atoms with Crippen molar-refractivity contribution in [1.82, 2.24) is 0 Å². The molecule has 1 aromatic carbocycles. The molecule has 0 aromatic heterocycles. The van der Waals surface area contributed by atoms with Crippen LogP contribution in [0.15, 0.2) is 33.8 Å². The van der Waals surface area contributed by atoms with Gasteiger partial charge in [0.1, 0.15) is 5.71 Å². The van der Waals surface area contributed by atoms with E-state index in [1.54, 1.807) is 0 Å². The second-order valence-corrected chi connectivity index (χ2v) is 6.26. The third-order valence-electron chi connectivity index (χ3n) is 3.63. The molecule has 1 saturated carbocycles. The fourth-order valence-electron chi connectivity index (χ4n) is 2.26. The Balaban J connectivity index is 2.04. The fourth-order valence-corrected chi connectivity index (χ4v) is 2.52. The molecule has 0 bridgehead atoms. The molecular formula is C15H19BrN2O. The van der Waals surface area contributed by atoms with E-state index in [-0.39, 0.29) is 5.78 Å². The molecule has 0 radical (unpaired) electrons. The van der Waals surface area contributed by atoms with Gasteiger partial charge in [-0.2, -0.15) is 5.10 Å². The maximum atomic E-state index is 11.9. The van der Waals surface area contributed by atoms with Crippen molar-refractivity contribution in [2.45, 2.75) is 33.1 Å². The van der Waals surface area contributed by atoms with Gasteiger partial charge >= 0.3 is 0 Å². The van der Waals surface area contributed by atoms with Crippen LogP contribution in [0, 0.1) is 11.8 Å². The van der Waals surface area contributed by atoms with Gasteiger partial charge in [0.2, 0.25) is 0 Å². The van der Waals surface area contributed by atoms with Crippen molar-refractivity contribution in [1.29, 1.82) is 0 Å². The highest BCUT2D eigenvalue weighted by Crippen LogP contribution is 2.27. The molecule has 19 heavy (non-hydrogen) atoms. The molecule has 0 aliphatic heterocycles. The van der Waals surface area contributed by atoms with Crippen LogP contribution in [-0.4, -0.2) is 11.5 Å². The van der Waals surface area contributed by atoms with Gasteiger partial charge in [-0.1, -0.05) is 29.8 Å². The molecule has 1 aliphatic rings. The maximum Gasteiger partial charge on any atom is 0.178 e. The van der Waals surface area contributed by atoms with Crippen LogP contribution in [-0.2, 0) is 4.79 Å². The summed E-state index contributed by atoms with van der Waals surface area (Å²) in [6.45, 7) is 4.42. The van der Waals surface area contributed by atoms with Gasteiger partial charge in [-0.15, -0.1) is 0 Å². The molecule has 1 unspecified atom stereocenters. The Labute approximate surface area is 122 Å². The van der Waals surface area contributed by atoms with E-state index >= 15 is 0 Å². The van der Waals surface area contributed by atoms with E-state index < -0.39 is 0 Å². The largest absolute Gasteiger partial charge is 0.293 e. The van der Waals surface area contributed by atoms with Gasteiger partial charge in [0.25, 0.3) is 0 Å². The number of hydrogen-bond acceptors (Lipinski definition) is 3. The fraction of sp³-hybridized carbons (Fsp3) is 0.467. The minimum absolute atomic E-state index is 0.182. The molecule has 1 aromatic rings. The Bertz CT molecular complexity index is 479. The maximum absolute atomic E-state index is 11.9. The summed E-state index contributed by atoms with van der Waals surface area (Å²) in [7, 11) is 0. The van der Waals surface area contributed by atoms with E-state index in [4.69, 9.17) is 0 Å². The summed E-state index contributed by atoms with van der Waals surface area (Å²) in [6.07, 6.45) is 2.41. The molecule has 0 heterocycles. The molecule has 1 atom stereocenters. The predicted octanol–water partition coefficient (Wildman–Crippen LogP) is 4.24. The number of anilines is 1. The minimum atomic E-state index is 0.182. The first-order valence-electron chi connectivity index (χ1n) is 6.67. The lowest BCUT2D eigenvalue weighted by Crippen LogP contribution is -2.28. The van der Waals surface area contributed by atoms with Crippen molar-refractivity contribution in [2.24, 2.45) is 16.9 Å². The molecule has 3 nitrogen and oxygen atoms in total. The topological polar surface area (TPSA) is 41.5 Å². The molecule has 0 saturated heterocycles. The standard InChI is InChI=1S/C15H19BrN2O/c1-10(2)11-3-8-15(19)14(9-11)18-17-13-6-4-12(16)5-7-13/h4-7,10-11,17H,3,8-9H2,1-2H3. The van der Waals surface area contributed by atoms with Gasteiger partial charge < -0.3 is 0 Å². The van der Waals surface area contributed by atoms with Crippen molar-refractivity contribution < 1.29 is 4.79 Å². The summed E-state index contributed by atoms with van der Waals surface area (Å²) in [5, 5.41) is 4.30. The zero-order valence-corrected chi connectivity index (χ0v) is 12.9. The zero-order valence-electron chi connectivity index (χ0n) is 11.3. The third-order valence-corrected chi connectivity index (χ3v) is 4.16. The molecule has 0 spiro atoms. The van der Waals surface area contributed by atoms with Crippen LogP contribution in [0.1, 0.15) is 33.1 Å². The lowest BCUT2D eigenvalue weighted by molar-refractivity contribution is -0.114. The highest BCUT2D eigenvalue weighted by atomic mass is 79.9. The first-order chi connectivity index (χ1) is 9.06. The number of ketones is 1. The number of nitrogens with zero attached hydrogens (tertiary/aromatic N) is 1. The summed E-state index contributed by atoms with van der Waals surface area (Å²) in [4.78, 5) is 11.9. The van der Waals surface area contributed by atoms with E-state index in [2.05, 4.69) is 40.3 Å². The van der Waals surface area contributed by atoms with Gasteiger partial charge in [-0.25, -0.2) is 0 Å². The number of carbonyl (C=O) groups is 1. The van der Waals surface area contributed by atoms with Gasteiger partial charge in [-0.3, -0.25) is 10.2 Å². The SMILES string of the molecule is CC(C)C1CCC(=O)C(=NNc2ccc(Br)cc2)C1. The van der Waals surface area contributed by atoms with E-state index in [0.717, 1.165) is 23.0 Å². The molecule has 1 aliphatic carbocycles. The smallest absolute Gasteiger partial charge is 0.178 e. The van der Waals surface area contributed by atoms with Crippen LogP contribution in [0.25, 0.3) is 0 Å². The predicted molar refractivity (Wildman–Crippen MR) is 82.4 cm³/mol. The van der Waals surface area contributed by atoms with Crippen molar-refractivity contribution >= 4 is 33.1 Å². The van der Waals surface area contributed by atoms with Crippen LogP contribution >= 0.6 is 15.9 Å². The number of hydrogen-bond donors (Lipinski definition) is 1. The number of rotatable bonds is 3. The highest BCUT2D eigenvalue weighted by Gasteiger charge is 2.26. The van der Waals surface area contributed by atoms with E-state index in [0.29, 0.717) is 24.0 Å². The average molecular weight is 323 g/mol. The summed E-state index contributed by atoms with van der Waals surface area (Å²) >= 11 is 3.39. The molecule has 0 amide bonds. The van der Waals surface area contributed by atoms with E-state index in [1.807, 2.05) is 24.3 Å². The van der Waals surface area contributed by atoms with Crippen LogP contribution < -0.4 is 5.43 Å². The number of carbonyl (C=O) groups excluding carboxylic acids is 1. The molecule has 102 valence electrons. The first kappa shape index (κ1) is 14.3. The lowest BCUT2D eigenvalue weighted by atomic mass is 9.80. The average Bonchev–Trinajstić information content (AvgIpc) is 2.39. The number of benzene rings is 1. The van der Waals surface area contributed by atoms with Crippen molar-refractivity contribution in [3.63, 3.8) is 0 Å². The van der Waals surface area contributed by atoms with E-state index in [9.17, 15) is 4.79 Å². The van der Waals surface area contributed by atoms with Gasteiger partial charge in [0.15, 0.2) is 5.78 Å². The minimum Gasteiger partial charge on any atom is -0.293 e. The molecule has 2 rings (SSSR count). The molecular weight excluding hydrogens is 304 g/mol. The number of Topliss-reactive ketones (excluding diaryl/α,β-unsaturated/α-hetero) is 1. The zero-order chi connectivity index (χ0) is 13.8. The summed E-state index contributed by atoms with van der Waals surface area (Å²) in [5.41, 5.74) is 4.56. The monoisotopic (exact) mass is 322 g/mol. The van der Waals surface area contributed by atoms with Gasteiger partial charge in [0.05, 0.1) is 5.69 Å². The normalized spacial score (nSPS) is 22.0. The van der Waals surface area contributed by atoms with Crippen LogP contribution in [0.3, 0.4) is 0 Å². The number of nitrogens with one attached hydrogen (secondary N) is 1. The second-order valence-electron chi connectivity index (χ2n) is 5.35. The summed E-state index contributed by atoms with van der Waals surface area (Å²) < 4.78 is 1.03. The van der Waals surface area contributed by atoms with Crippen LogP contribution in [0.5, 0.6) is 0 Å². The van der Waals surface area contributed by atoms with Crippen LogP contribution in [0.4, 0.5) is 5.69 Å². The Hall–Kier alpha value is -1.16. The lowest BCUT2D eigenvalue weighted by Gasteiger charge is -2.25. The van der Waals surface area contributed by atoms with Gasteiger partial charge in [0, 0.05) is 10.9 Å². The molecule has 1 N–H and O–H groups in total. The van der Waals surface area contributed by atoms with Crippen molar-refractivity contribution in [2.75, 3.05) is 5.43 Å². The Kier molecular flexibility index (Phi) is 4.75. The molecule has 4 heteroatoms. The summed E-state index contributed by atoms with van der Waals surface area (Å²) in [5.74, 6) is 1.36. The Morgan fingerprint density at radius 1 is 1.32 bits per heavy atom. The second kappa shape index (κ2) is 6.33. The first-order valence-corrected chi connectivity index (χ1v) is 7.47. The van der Waals surface area contributed by atoms with Crippen molar-refractivity contribution in [3.05, 3.63) is 28.7 Å². The van der Waals surface area contributed by atoms with Crippen molar-refractivity contribution in [3.8, 4) is 0 Å².